The van der Waals surface area contributed by atoms with Crippen LogP contribution >= 0.6 is 0 Å². The Bertz CT molecular complexity index is 1220. The number of aromatic nitrogens is 1. The van der Waals surface area contributed by atoms with E-state index in [-0.39, 0.29) is 16.9 Å². The van der Waals surface area contributed by atoms with Crippen molar-refractivity contribution in [3.63, 3.8) is 0 Å². The highest BCUT2D eigenvalue weighted by Gasteiger charge is 2.14. The van der Waals surface area contributed by atoms with Gasteiger partial charge < -0.3 is 14.8 Å². The van der Waals surface area contributed by atoms with Gasteiger partial charge in [-0.15, -0.1) is 0 Å². The molecular weight excluding hydrogens is 361 g/mol. The van der Waals surface area contributed by atoms with Crippen molar-refractivity contribution in [3.05, 3.63) is 89.9 Å². The minimum absolute atomic E-state index is 0.0228. The van der Waals surface area contributed by atoms with Crippen molar-refractivity contribution in [1.29, 1.82) is 0 Å². The fourth-order valence-electron chi connectivity index (χ4n) is 2.61. The van der Waals surface area contributed by atoms with E-state index in [1.807, 2.05) is 0 Å². The molecule has 0 aliphatic rings. The van der Waals surface area contributed by atoms with Gasteiger partial charge in [0.15, 0.2) is 0 Å². The molecule has 0 saturated carbocycles. The Morgan fingerprint density at radius 1 is 1.07 bits per heavy atom. The average Bonchev–Trinajstić information content (AvgIpc) is 2.70. The Kier molecular flexibility index (Phi) is 4.55. The zero-order valence-corrected chi connectivity index (χ0v) is 14.5. The summed E-state index contributed by atoms with van der Waals surface area (Å²) in [6, 6.07) is 16.8. The number of carbonyl (C=O) groups is 1. The van der Waals surface area contributed by atoms with Crippen LogP contribution < -0.4 is 10.9 Å². The van der Waals surface area contributed by atoms with E-state index >= 15 is 0 Å². The number of carbonyl (C=O) groups excluding carboxylic acids is 1. The monoisotopic (exact) mass is 375 g/mol. The molecule has 0 spiro atoms. The number of halogens is 1. The average molecular weight is 375 g/mol. The Labute approximate surface area is 158 Å². The van der Waals surface area contributed by atoms with Gasteiger partial charge in [-0.1, -0.05) is 6.07 Å². The van der Waals surface area contributed by atoms with Crippen LogP contribution in [0.5, 0.6) is 5.75 Å². The second-order valence-corrected chi connectivity index (χ2v) is 5.94. The highest BCUT2D eigenvalue weighted by atomic mass is 19.1. The Morgan fingerprint density at radius 3 is 2.64 bits per heavy atom. The van der Waals surface area contributed by atoms with E-state index in [4.69, 9.17) is 4.42 Å². The maximum atomic E-state index is 13.2. The summed E-state index contributed by atoms with van der Waals surface area (Å²) in [5.74, 6) is -0.452. The lowest BCUT2D eigenvalue weighted by Gasteiger charge is -2.06. The lowest BCUT2D eigenvalue weighted by atomic mass is 10.1. The molecule has 2 N–H and O–H groups in total. The first-order valence-corrected chi connectivity index (χ1v) is 8.38. The molecule has 1 amide bonds. The van der Waals surface area contributed by atoms with Crippen LogP contribution in [-0.2, 0) is 0 Å². The molecule has 2 aromatic carbocycles. The SMILES string of the molecule is O=C(Nc1ccccn1)c1cc2ccc(O)cc2oc1=Nc1ccc(F)cc1. The summed E-state index contributed by atoms with van der Waals surface area (Å²) in [5, 5.41) is 13.0. The number of hydrogen-bond donors (Lipinski definition) is 2. The summed E-state index contributed by atoms with van der Waals surface area (Å²) in [6.07, 6.45) is 1.56. The van der Waals surface area contributed by atoms with Crippen LogP contribution in [0, 0.1) is 5.82 Å². The van der Waals surface area contributed by atoms with Gasteiger partial charge in [0.25, 0.3) is 5.91 Å². The predicted octanol–water partition coefficient (Wildman–Crippen LogP) is 4.16. The summed E-state index contributed by atoms with van der Waals surface area (Å²) in [4.78, 5) is 21.2. The van der Waals surface area contributed by atoms with E-state index in [9.17, 15) is 14.3 Å². The van der Waals surface area contributed by atoms with Crippen molar-refractivity contribution in [2.24, 2.45) is 4.99 Å². The molecule has 7 heteroatoms. The number of nitrogens with zero attached hydrogens (tertiary/aromatic N) is 2. The molecule has 28 heavy (non-hydrogen) atoms. The first kappa shape index (κ1) is 17.4. The lowest BCUT2D eigenvalue weighted by Crippen LogP contribution is -2.22. The van der Waals surface area contributed by atoms with Crippen LogP contribution in [-0.4, -0.2) is 16.0 Å². The molecule has 2 aromatic heterocycles. The first-order valence-electron chi connectivity index (χ1n) is 8.38. The molecule has 0 saturated heterocycles. The number of benzene rings is 2. The van der Waals surface area contributed by atoms with Crippen molar-refractivity contribution >= 4 is 28.4 Å². The number of phenolic OH excluding ortho intramolecular Hbond substituents is 1. The normalized spacial score (nSPS) is 11.5. The van der Waals surface area contributed by atoms with Crippen LogP contribution in [0.3, 0.4) is 0 Å². The summed E-state index contributed by atoms with van der Waals surface area (Å²) in [7, 11) is 0. The van der Waals surface area contributed by atoms with Gasteiger partial charge >= 0.3 is 0 Å². The topological polar surface area (TPSA) is 87.7 Å². The lowest BCUT2D eigenvalue weighted by molar-refractivity contribution is 0.102. The van der Waals surface area contributed by atoms with Gasteiger partial charge in [-0.2, -0.15) is 0 Å². The molecule has 0 aliphatic heterocycles. The van der Waals surface area contributed by atoms with E-state index < -0.39 is 11.7 Å². The van der Waals surface area contributed by atoms with Gasteiger partial charge in [0, 0.05) is 17.6 Å². The molecule has 6 nitrogen and oxygen atoms in total. The Morgan fingerprint density at radius 2 is 1.89 bits per heavy atom. The molecule has 0 radical (unpaired) electrons. The second-order valence-electron chi connectivity index (χ2n) is 5.94. The van der Waals surface area contributed by atoms with Gasteiger partial charge in [-0.3, -0.25) is 4.79 Å². The quantitative estimate of drug-likeness (QED) is 0.563. The third-order valence-electron chi connectivity index (χ3n) is 3.94. The van der Waals surface area contributed by atoms with E-state index in [0.29, 0.717) is 22.5 Å². The molecule has 0 bridgehead atoms. The van der Waals surface area contributed by atoms with E-state index in [1.54, 1.807) is 36.5 Å². The van der Waals surface area contributed by atoms with Gasteiger partial charge in [-0.05, 0) is 54.6 Å². The summed E-state index contributed by atoms with van der Waals surface area (Å²) in [5.41, 5.74) is 0.970. The van der Waals surface area contributed by atoms with Crippen LogP contribution in [0.1, 0.15) is 10.4 Å². The highest BCUT2D eigenvalue weighted by Crippen LogP contribution is 2.20. The van der Waals surface area contributed by atoms with Crippen molar-refractivity contribution < 1.29 is 18.7 Å². The molecule has 0 unspecified atom stereocenters. The minimum atomic E-state index is -0.460. The van der Waals surface area contributed by atoms with E-state index in [0.717, 1.165) is 0 Å². The van der Waals surface area contributed by atoms with Crippen molar-refractivity contribution in [3.8, 4) is 5.75 Å². The second kappa shape index (κ2) is 7.32. The molecule has 0 atom stereocenters. The number of anilines is 1. The van der Waals surface area contributed by atoms with Gasteiger partial charge in [0.05, 0.1) is 5.69 Å². The standard InChI is InChI=1S/C21H14FN3O3/c22-14-5-7-15(8-6-14)24-21-17(20(27)25-19-3-1-2-10-23-19)11-13-4-9-16(26)12-18(13)28-21/h1-12,26H,(H,23,25,27). The minimum Gasteiger partial charge on any atom is -0.508 e. The summed E-state index contributed by atoms with van der Waals surface area (Å²) in [6.45, 7) is 0. The zero-order chi connectivity index (χ0) is 19.5. The van der Waals surface area contributed by atoms with Crippen molar-refractivity contribution in [1.82, 2.24) is 4.98 Å². The fraction of sp³-hybridized carbons (Fsp3) is 0. The zero-order valence-electron chi connectivity index (χ0n) is 14.5. The molecule has 138 valence electrons. The van der Waals surface area contributed by atoms with E-state index in [1.165, 1.54) is 36.4 Å². The van der Waals surface area contributed by atoms with Gasteiger partial charge in [-0.25, -0.2) is 14.4 Å². The van der Waals surface area contributed by atoms with Crippen molar-refractivity contribution in [2.75, 3.05) is 5.32 Å². The number of fused-ring (bicyclic) bond motifs is 1. The largest absolute Gasteiger partial charge is 0.508 e. The third kappa shape index (κ3) is 3.73. The van der Waals surface area contributed by atoms with Gasteiger partial charge in [0.2, 0.25) is 5.55 Å². The summed E-state index contributed by atoms with van der Waals surface area (Å²) >= 11 is 0. The van der Waals surface area contributed by atoms with Crippen LogP contribution in [0.25, 0.3) is 11.0 Å². The Balaban J connectivity index is 1.86. The number of nitrogens with one attached hydrogen (secondary N) is 1. The summed E-state index contributed by atoms with van der Waals surface area (Å²) < 4.78 is 18.9. The number of phenols is 1. The number of pyridine rings is 1. The molecule has 2 heterocycles. The van der Waals surface area contributed by atoms with Crippen molar-refractivity contribution in [2.45, 2.75) is 0 Å². The Hall–Kier alpha value is -4.00. The number of amides is 1. The highest BCUT2D eigenvalue weighted by molar-refractivity contribution is 6.05. The van der Waals surface area contributed by atoms with Gasteiger partial charge in [0.1, 0.15) is 28.5 Å². The number of aromatic hydroxyl groups is 1. The molecule has 0 fully saturated rings. The first-order chi connectivity index (χ1) is 13.6. The maximum absolute atomic E-state index is 13.2. The maximum Gasteiger partial charge on any atom is 0.262 e. The van der Waals surface area contributed by atoms with Crippen LogP contribution in [0.4, 0.5) is 15.9 Å². The number of hydrogen-bond acceptors (Lipinski definition) is 5. The fourth-order valence-corrected chi connectivity index (χ4v) is 2.61. The van der Waals surface area contributed by atoms with Crippen LogP contribution in [0.2, 0.25) is 0 Å². The van der Waals surface area contributed by atoms with E-state index in [2.05, 4.69) is 15.3 Å². The smallest absolute Gasteiger partial charge is 0.262 e. The van der Waals surface area contributed by atoms with Crippen LogP contribution in [0.15, 0.2) is 82.3 Å². The molecular formula is C21H14FN3O3. The molecule has 4 aromatic rings. The predicted molar refractivity (Wildman–Crippen MR) is 102 cm³/mol. The number of rotatable bonds is 3. The third-order valence-corrected chi connectivity index (χ3v) is 3.94. The molecule has 0 aliphatic carbocycles. The molecule has 4 rings (SSSR count).